The molecule has 1 saturated heterocycles. The van der Waals surface area contributed by atoms with Crippen molar-refractivity contribution in [2.45, 2.75) is 87.1 Å². The molecule has 2 aliphatic heterocycles. The number of hydrogen-bond donors (Lipinski definition) is 2. The van der Waals surface area contributed by atoms with E-state index in [2.05, 4.69) is 10.4 Å². The number of piperidine rings is 1. The van der Waals surface area contributed by atoms with Crippen molar-refractivity contribution in [2.75, 3.05) is 0 Å². The van der Waals surface area contributed by atoms with Crippen LogP contribution >= 0.6 is 11.8 Å². The molecule has 1 saturated carbocycles. The lowest BCUT2D eigenvalue weighted by Crippen LogP contribution is -2.52. The van der Waals surface area contributed by atoms with E-state index in [-0.39, 0.29) is 30.0 Å². The number of halogens is 1. The molecular formula is C29H33FN4O3S. The zero-order valence-corrected chi connectivity index (χ0v) is 22.2. The Balaban J connectivity index is 1.27. The SMILES string of the molecule is N=NC(c1ccc(CSc2cccc3c2CN(C2CCC(=O)NC2=O)C3=O)cc1F)C1CCCCCCC1. The van der Waals surface area contributed by atoms with Crippen LogP contribution in [-0.2, 0) is 21.9 Å². The number of carbonyl (C=O) groups excluding carboxylic acids is 3. The molecule has 2 aromatic carbocycles. The number of amides is 3. The molecule has 9 heteroatoms. The van der Waals surface area contributed by atoms with Crippen molar-refractivity contribution < 1.29 is 18.8 Å². The fraction of sp³-hybridized carbons (Fsp3) is 0.483. The molecule has 2 atom stereocenters. The van der Waals surface area contributed by atoms with Crippen LogP contribution in [0.25, 0.3) is 0 Å². The molecule has 2 heterocycles. The normalized spacial score (nSPS) is 21.4. The first-order chi connectivity index (χ1) is 18.5. The summed E-state index contributed by atoms with van der Waals surface area (Å²) in [6, 6.07) is 9.70. The maximum absolute atomic E-state index is 15.3. The predicted molar refractivity (Wildman–Crippen MR) is 142 cm³/mol. The Morgan fingerprint density at radius 1 is 1.05 bits per heavy atom. The Kier molecular flexibility index (Phi) is 8.21. The average Bonchev–Trinajstić information content (AvgIpc) is 3.22. The van der Waals surface area contributed by atoms with Gasteiger partial charge in [0.25, 0.3) is 5.91 Å². The third kappa shape index (κ3) is 5.53. The van der Waals surface area contributed by atoms with Gasteiger partial charge in [-0.15, -0.1) is 11.8 Å². The van der Waals surface area contributed by atoms with Crippen LogP contribution < -0.4 is 5.32 Å². The van der Waals surface area contributed by atoms with E-state index in [1.54, 1.807) is 23.1 Å². The van der Waals surface area contributed by atoms with E-state index in [1.165, 1.54) is 31.0 Å². The maximum Gasteiger partial charge on any atom is 0.255 e. The van der Waals surface area contributed by atoms with Crippen LogP contribution in [0.3, 0.4) is 0 Å². The van der Waals surface area contributed by atoms with Gasteiger partial charge in [-0.3, -0.25) is 19.7 Å². The molecule has 1 aliphatic carbocycles. The third-order valence-corrected chi connectivity index (χ3v) is 9.22. The van der Waals surface area contributed by atoms with E-state index in [0.717, 1.165) is 41.7 Å². The molecule has 2 unspecified atom stereocenters. The van der Waals surface area contributed by atoms with Crippen molar-refractivity contribution in [2.24, 2.45) is 11.0 Å². The summed E-state index contributed by atoms with van der Waals surface area (Å²) >= 11 is 1.53. The number of rotatable bonds is 7. The average molecular weight is 537 g/mol. The minimum absolute atomic E-state index is 0.202. The van der Waals surface area contributed by atoms with Gasteiger partial charge in [-0.1, -0.05) is 50.3 Å². The third-order valence-electron chi connectivity index (χ3n) is 8.05. The summed E-state index contributed by atoms with van der Waals surface area (Å²) < 4.78 is 15.3. The highest BCUT2D eigenvalue weighted by atomic mass is 32.2. The summed E-state index contributed by atoms with van der Waals surface area (Å²) in [7, 11) is 0. The number of benzene rings is 2. The monoisotopic (exact) mass is 536 g/mol. The Morgan fingerprint density at radius 3 is 2.53 bits per heavy atom. The Labute approximate surface area is 226 Å². The molecule has 2 fully saturated rings. The van der Waals surface area contributed by atoms with Crippen molar-refractivity contribution >= 4 is 29.5 Å². The lowest BCUT2D eigenvalue weighted by Gasteiger charge is -2.29. The lowest BCUT2D eigenvalue weighted by atomic mass is 9.83. The number of nitrogens with one attached hydrogen (secondary N) is 2. The first-order valence-electron chi connectivity index (χ1n) is 13.5. The Bertz CT molecular complexity index is 1240. The molecule has 0 bridgehead atoms. The van der Waals surface area contributed by atoms with E-state index in [4.69, 9.17) is 5.53 Å². The van der Waals surface area contributed by atoms with Crippen LogP contribution in [0.15, 0.2) is 46.4 Å². The first-order valence-corrected chi connectivity index (χ1v) is 14.5. The van der Waals surface area contributed by atoms with Gasteiger partial charge in [0, 0.05) is 34.7 Å². The van der Waals surface area contributed by atoms with Gasteiger partial charge in [-0.25, -0.2) is 9.92 Å². The van der Waals surface area contributed by atoms with Crippen LogP contribution in [0.5, 0.6) is 0 Å². The smallest absolute Gasteiger partial charge is 0.255 e. The van der Waals surface area contributed by atoms with Crippen molar-refractivity contribution in [1.29, 1.82) is 5.53 Å². The topological polar surface area (TPSA) is 103 Å². The second kappa shape index (κ2) is 11.8. The van der Waals surface area contributed by atoms with E-state index < -0.39 is 18.0 Å². The van der Waals surface area contributed by atoms with Gasteiger partial charge >= 0.3 is 0 Å². The molecule has 38 heavy (non-hydrogen) atoms. The molecule has 2 aromatic rings. The lowest BCUT2D eigenvalue weighted by molar-refractivity contribution is -0.136. The highest BCUT2D eigenvalue weighted by molar-refractivity contribution is 7.98. The van der Waals surface area contributed by atoms with E-state index in [0.29, 0.717) is 29.8 Å². The van der Waals surface area contributed by atoms with Crippen molar-refractivity contribution in [3.8, 4) is 0 Å². The largest absolute Gasteiger partial charge is 0.322 e. The predicted octanol–water partition coefficient (Wildman–Crippen LogP) is 6.31. The quantitative estimate of drug-likeness (QED) is 0.246. The second-order valence-electron chi connectivity index (χ2n) is 10.5. The van der Waals surface area contributed by atoms with E-state index in [1.807, 2.05) is 18.2 Å². The number of nitrogens with zero attached hydrogens (tertiary/aromatic N) is 2. The van der Waals surface area contributed by atoms with Crippen molar-refractivity contribution in [1.82, 2.24) is 10.2 Å². The molecule has 7 nitrogen and oxygen atoms in total. The highest BCUT2D eigenvalue weighted by Gasteiger charge is 2.39. The number of fused-ring (bicyclic) bond motifs is 1. The van der Waals surface area contributed by atoms with Crippen LogP contribution in [0.2, 0.25) is 0 Å². The molecular weight excluding hydrogens is 503 g/mol. The van der Waals surface area contributed by atoms with Gasteiger partial charge in [-0.05, 0) is 54.5 Å². The van der Waals surface area contributed by atoms with Gasteiger partial charge in [0.15, 0.2) is 0 Å². The summed E-state index contributed by atoms with van der Waals surface area (Å²) in [4.78, 5) is 39.4. The van der Waals surface area contributed by atoms with Gasteiger partial charge in [-0.2, -0.15) is 5.11 Å². The summed E-state index contributed by atoms with van der Waals surface area (Å²) in [6.07, 6.45) is 8.37. The molecule has 200 valence electrons. The molecule has 2 N–H and O–H groups in total. The van der Waals surface area contributed by atoms with Crippen molar-refractivity contribution in [3.05, 3.63) is 64.5 Å². The fourth-order valence-corrected chi connectivity index (χ4v) is 7.01. The zero-order chi connectivity index (χ0) is 26.6. The molecule has 0 aromatic heterocycles. The maximum atomic E-state index is 15.3. The standard InChI is InChI=1S/C29H33FN4O3S/c30-23-15-18(11-12-21(23)27(33-31)19-7-4-2-1-3-5-8-19)17-38-25-10-6-9-20-22(25)16-34(29(20)37)24-13-14-26(35)32-28(24)36/h6,9-12,15,19,24,27,31H,1-5,7-8,13-14,16-17H2,(H,32,35,36). The zero-order valence-electron chi connectivity index (χ0n) is 21.4. The molecule has 5 rings (SSSR count). The molecule has 3 amide bonds. The van der Waals surface area contributed by atoms with Gasteiger partial charge < -0.3 is 4.90 Å². The van der Waals surface area contributed by atoms with Gasteiger partial charge in [0.1, 0.15) is 17.9 Å². The van der Waals surface area contributed by atoms with Gasteiger partial charge in [0.2, 0.25) is 11.8 Å². The van der Waals surface area contributed by atoms with Crippen molar-refractivity contribution in [3.63, 3.8) is 0 Å². The minimum atomic E-state index is -0.652. The summed E-state index contributed by atoms with van der Waals surface area (Å²) in [5.74, 6) is -0.525. The van der Waals surface area contributed by atoms with Crippen LogP contribution in [-0.4, -0.2) is 28.7 Å². The van der Waals surface area contributed by atoms with Crippen LogP contribution in [0.4, 0.5) is 4.39 Å². The fourth-order valence-electron chi connectivity index (χ4n) is 5.99. The molecule has 0 radical (unpaired) electrons. The summed E-state index contributed by atoms with van der Waals surface area (Å²) in [6.45, 7) is 0.311. The first kappa shape index (κ1) is 26.5. The molecule has 3 aliphatic rings. The van der Waals surface area contributed by atoms with E-state index >= 15 is 4.39 Å². The summed E-state index contributed by atoms with van der Waals surface area (Å²) in [5, 5.41) is 6.19. The Morgan fingerprint density at radius 2 is 1.82 bits per heavy atom. The number of carbonyl (C=O) groups is 3. The number of thioether (sulfide) groups is 1. The van der Waals surface area contributed by atoms with E-state index in [9.17, 15) is 14.4 Å². The molecule has 0 spiro atoms. The summed E-state index contributed by atoms with van der Waals surface area (Å²) in [5.41, 5.74) is 10.5. The highest BCUT2D eigenvalue weighted by Crippen LogP contribution is 2.38. The Hall–Kier alpha value is -3.07. The van der Waals surface area contributed by atoms with Crippen LogP contribution in [0, 0.1) is 17.3 Å². The van der Waals surface area contributed by atoms with Crippen LogP contribution in [0.1, 0.15) is 90.9 Å². The number of hydrogen-bond acceptors (Lipinski definition) is 6. The number of imide groups is 1. The second-order valence-corrected chi connectivity index (χ2v) is 11.5. The minimum Gasteiger partial charge on any atom is -0.322 e. The van der Waals surface area contributed by atoms with Gasteiger partial charge in [0.05, 0.1) is 0 Å².